The largest absolute Gasteiger partial charge is 0.493 e. The van der Waals surface area contributed by atoms with Crippen LogP contribution in [0.15, 0.2) is 23.3 Å². The molecule has 9 heteroatoms. The normalized spacial score (nSPS) is 10.6. The lowest BCUT2D eigenvalue weighted by Crippen LogP contribution is -2.39. The summed E-state index contributed by atoms with van der Waals surface area (Å²) in [5.74, 6) is -1.93. The summed E-state index contributed by atoms with van der Waals surface area (Å²) in [6.07, 6.45) is 1.32. The Kier molecular flexibility index (Phi) is 7.91. The molecule has 0 saturated heterocycles. The first-order valence-corrected chi connectivity index (χ1v) is 7.47. The van der Waals surface area contributed by atoms with Crippen LogP contribution in [0.3, 0.4) is 0 Å². The highest BCUT2D eigenvalue weighted by Gasteiger charge is 2.12. The molecule has 9 nitrogen and oxygen atoms in total. The van der Waals surface area contributed by atoms with Crippen molar-refractivity contribution in [1.82, 2.24) is 10.7 Å². The van der Waals surface area contributed by atoms with E-state index in [9.17, 15) is 14.4 Å². The molecule has 1 rings (SSSR count). The van der Waals surface area contributed by atoms with Gasteiger partial charge in [0.15, 0.2) is 18.1 Å². The smallest absolute Gasteiger partial charge is 0.341 e. The molecule has 0 aliphatic heterocycles. The van der Waals surface area contributed by atoms with Crippen LogP contribution in [-0.2, 0) is 14.4 Å². The Balaban J connectivity index is 2.63. The Bertz CT molecular complexity index is 657. The highest BCUT2D eigenvalue weighted by Crippen LogP contribution is 2.27. The van der Waals surface area contributed by atoms with Crippen LogP contribution in [0.5, 0.6) is 11.5 Å². The summed E-state index contributed by atoms with van der Waals surface area (Å²) in [6, 6.07) is 4.65. The quantitative estimate of drug-likeness (QED) is 0.353. The fourth-order valence-electron chi connectivity index (χ4n) is 1.62. The van der Waals surface area contributed by atoms with Crippen molar-refractivity contribution in [1.29, 1.82) is 0 Å². The van der Waals surface area contributed by atoms with Gasteiger partial charge in [0.05, 0.1) is 13.3 Å². The molecule has 0 radical (unpaired) electrons. The maximum atomic E-state index is 11.5. The van der Waals surface area contributed by atoms with Crippen LogP contribution in [0.4, 0.5) is 0 Å². The van der Waals surface area contributed by atoms with Crippen molar-refractivity contribution in [3.8, 4) is 11.5 Å². The van der Waals surface area contributed by atoms with Gasteiger partial charge in [0.1, 0.15) is 0 Å². The average Bonchev–Trinajstić information content (AvgIpc) is 2.57. The summed E-state index contributed by atoms with van der Waals surface area (Å²) in [4.78, 5) is 33.5. The van der Waals surface area contributed by atoms with Gasteiger partial charge in [-0.1, -0.05) is 13.8 Å². The van der Waals surface area contributed by atoms with Crippen molar-refractivity contribution in [3.05, 3.63) is 23.8 Å². The number of benzene rings is 1. The molecule has 0 unspecified atom stereocenters. The SMILES string of the molecule is COc1cc(/C=N\NC(=O)C(=O)NCC(C)C)ccc1OCC(=O)O. The minimum atomic E-state index is -1.11. The lowest BCUT2D eigenvalue weighted by molar-refractivity contribution is -0.139. The zero-order valence-electron chi connectivity index (χ0n) is 14.2. The van der Waals surface area contributed by atoms with E-state index in [1.807, 2.05) is 13.8 Å². The van der Waals surface area contributed by atoms with Crippen molar-refractivity contribution < 1.29 is 29.0 Å². The van der Waals surface area contributed by atoms with E-state index in [1.54, 1.807) is 12.1 Å². The zero-order valence-corrected chi connectivity index (χ0v) is 14.2. The van der Waals surface area contributed by atoms with Gasteiger partial charge in [0, 0.05) is 6.54 Å². The van der Waals surface area contributed by atoms with Crippen LogP contribution in [0.25, 0.3) is 0 Å². The van der Waals surface area contributed by atoms with Gasteiger partial charge in [-0.05, 0) is 29.7 Å². The predicted octanol–water partition coefficient (Wildman–Crippen LogP) is 0.381. The fraction of sp³-hybridized carbons (Fsp3) is 0.375. The Morgan fingerprint density at radius 2 is 1.96 bits per heavy atom. The monoisotopic (exact) mass is 351 g/mol. The van der Waals surface area contributed by atoms with Gasteiger partial charge >= 0.3 is 17.8 Å². The number of rotatable bonds is 8. The van der Waals surface area contributed by atoms with Gasteiger partial charge in [-0.3, -0.25) is 9.59 Å². The molecule has 0 saturated carbocycles. The first-order chi connectivity index (χ1) is 11.8. The van der Waals surface area contributed by atoms with E-state index in [2.05, 4.69) is 15.8 Å². The lowest BCUT2D eigenvalue weighted by atomic mass is 10.2. The van der Waals surface area contributed by atoms with E-state index in [4.69, 9.17) is 14.6 Å². The molecule has 0 aliphatic rings. The number of carboxylic acids is 1. The van der Waals surface area contributed by atoms with E-state index in [0.29, 0.717) is 17.9 Å². The van der Waals surface area contributed by atoms with Crippen LogP contribution in [0.2, 0.25) is 0 Å². The van der Waals surface area contributed by atoms with E-state index < -0.39 is 24.4 Å². The van der Waals surface area contributed by atoms with Crippen LogP contribution in [0.1, 0.15) is 19.4 Å². The number of hydrogen-bond donors (Lipinski definition) is 3. The number of aliphatic carboxylic acids is 1. The topological polar surface area (TPSA) is 126 Å². The second kappa shape index (κ2) is 9.91. The number of nitrogens with one attached hydrogen (secondary N) is 2. The summed E-state index contributed by atoms with van der Waals surface area (Å²) >= 11 is 0. The van der Waals surface area contributed by atoms with Gasteiger partial charge in [-0.2, -0.15) is 5.10 Å². The molecule has 0 aliphatic carbocycles. The first-order valence-electron chi connectivity index (χ1n) is 7.47. The number of carbonyl (C=O) groups excluding carboxylic acids is 2. The van der Waals surface area contributed by atoms with Gasteiger partial charge in [-0.25, -0.2) is 10.2 Å². The maximum absolute atomic E-state index is 11.5. The standard InChI is InChI=1S/C16H21N3O6/c1-10(2)7-17-15(22)16(23)19-18-8-11-4-5-12(13(6-11)24-3)25-9-14(20)21/h4-6,8,10H,7,9H2,1-3H3,(H,17,22)(H,19,23)(H,20,21)/b18-8-. The molecule has 25 heavy (non-hydrogen) atoms. The summed E-state index contributed by atoms with van der Waals surface area (Å²) < 4.78 is 10.2. The molecule has 1 aromatic carbocycles. The summed E-state index contributed by atoms with van der Waals surface area (Å²) in [5, 5.41) is 14.8. The molecule has 2 amide bonds. The molecule has 0 heterocycles. The minimum absolute atomic E-state index is 0.231. The lowest BCUT2D eigenvalue weighted by Gasteiger charge is -2.09. The number of hydrazone groups is 1. The fourth-order valence-corrected chi connectivity index (χ4v) is 1.62. The predicted molar refractivity (Wildman–Crippen MR) is 89.7 cm³/mol. The summed E-state index contributed by atoms with van der Waals surface area (Å²) in [6.45, 7) is 3.72. The third-order valence-corrected chi connectivity index (χ3v) is 2.80. The molecule has 0 fully saturated rings. The second-order valence-electron chi connectivity index (χ2n) is 5.40. The second-order valence-corrected chi connectivity index (χ2v) is 5.40. The minimum Gasteiger partial charge on any atom is -0.493 e. The van der Waals surface area contributed by atoms with Crippen molar-refractivity contribution in [3.63, 3.8) is 0 Å². The van der Waals surface area contributed by atoms with Crippen LogP contribution in [-0.4, -0.2) is 49.4 Å². The van der Waals surface area contributed by atoms with E-state index in [1.165, 1.54) is 19.4 Å². The summed E-state index contributed by atoms with van der Waals surface area (Å²) in [5.41, 5.74) is 2.67. The van der Waals surface area contributed by atoms with Crippen molar-refractivity contribution in [2.45, 2.75) is 13.8 Å². The zero-order chi connectivity index (χ0) is 18.8. The van der Waals surface area contributed by atoms with Gasteiger partial charge in [0.25, 0.3) is 0 Å². The van der Waals surface area contributed by atoms with Crippen LogP contribution in [0, 0.1) is 5.92 Å². The number of carboxylic acid groups (broad SMARTS) is 1. The highest BCUT2D eigenvalue weighted by atomic mass is 16.5. The molecule has 136 valence electrons. The third kappa shape index (κ3) is 7.34. The molecule has 0 spiro atoms. The third-order valence-electron chi connectivity index (χ3n) is 2.80. The molecule has 0 aromatic heterocycles. The molecular formula is C16H21N3O6. The van der Waals surface area contributed by atoms with Gasteiger partial charge in [0.2, 0.25) is 0 Å². The van der Waals surface area contributed by atoms with Gasteiger partial charge in [-0.15, -0.1) is 0 Å². The summed E-state index contributed by atoms with van der Waals surface area (Å²) in [7, 11) is 1.41. The number of methoxy groups -OCH3 is 1. The number of amides is 2. The number of nitrogens with zero attached hydrogens (tertiary/aromatic N) is 1. The van der Waals surface area contributed by atoms with Crippen LogP contribution < -0.4 is 20.2 Å². The number of ether oxygens (including phenoxy) is 2. The van der Waals surface area contributed by atoms with Crippen molar-refractivity contribution in [2.75, 3.05) is 20.3 Å². The maximum Gasteiger partial charge on any atom is 0.341 e. The number of hydrogen-bond acceptors (Lipinski definition) is 6. The molecule has 3 N–H and O–H groups in total. The average molecular weight is 351 g/mol. The molecule has 0 atom stereocenters. The Labute approximate surface area is 145 Å². The van der Waals surface area contributed by atoms with E-state index in [-0.39, 0.29) is 11.7 Å². The Morgan fingerprint density at radius 3 is 2.56 bits per heavy atom. The van der Waals surface area contributed by atoms with Crippen molar-refractivity contribution >= 4 is 24.0 Å². The van der Waals surface area contributed by atoms with Crippen LogP contribution >= 0.6 is 0 Å². The van der Waals surface area contributed by atoms with Crippen molar-refractivity contribution in [2.24, 2.45) is 11.0 Å². The molecule has 1 aromatic rings. The first kappa shape index (κ1) is 19.9. The molecular weight excluding hydrogens is 330 g/mol. The Hall–Kier alpha value is -3.10. The van der Waals surface area contributed by atoms with Gasteiger partial charge < -0.3 is 19.9 Å². The molecule has 0 bridgehead atoms. The Morgan fingerprint density at radius 1 is 1.24 bits per heavy atom. The number of carbonyl (C=O) groups is 3. The highest BCUT2D eigenvalue weighted by molar-refractivity contribution is 6.35. The van der Waals surface area contributed by atoms with E-state index >= 15 is 0 Å². The van der Waals surface area contributed by atoms with E-state index in [0.717, 1.165) is 0 Å².